The Balaban J connectivity index is 1.75. The lowest BCUT2D eigenvalue weighted by atomic mass is 10.0. The van der Waals surface area contributed by atoms with Crippen molar-refractivity contribution in [1.82, 2.24) is 15.3 Å². The van der Waals surface area contributed by atoms with Crippen molar-refractivity contribution in [3.05, 3.63) is 35.9 Å². The summed E-state index contributed by atoms with van der Waals surface area (Å²) in [5, 5.41) is 24.2. The Kier molecular flexibility index (Phi) is 6.48. The van der Waals surface area contributed by atoms with Gasteiger partial charge in [0.2, 0.25) is 5.91 Å². The third kappa shape index (κ3) is 4.73. The SMILES string of the molecule is O=C(O)C(CCc1ccccc1)N[C@H]1CCC(=O)N2CCC[C@@H](C(=O)O)N2C1=O. The molecule has 2 amide bonds. The first-order valence-corrected chi connectivity index (χ1v) is 9.77. The molecule has 156 valence electrons. The van der Waals surface area contributed by atoms with Gasteiger partial charge in [0.25, 0.3) is 5.91 Å². The number of aryl methyl sites for hydroxylation is 1. The summed E-state index contributed by atoms with van der Waals surface area (Å²) in [6.07, 6.45) is 1.72. The van der Waals surface area contributed by atoms with Crippen LogP contribution in [0.15, 0.2) is 30.3 Å². The van der Waals surface area contributed by atoms with Crippen molar-refractivity contribution in [1.29, 1.82) is 0 Å². The third-order valence-corrected chi connectivity index (χ3v) is 5.41. The normalized spacial score (nSPS) is 23.3. The van der Waals surface area contributed by atoms with Crippen molar-refractivity contribution in [2.24, 2.45) is 0 Å². The van der Waals surface area contributed by atoms with E-state index in [0.29, 0.717) is 12.8 Å². The second-order valence-electron chi connectivity index (χ2n) is 7.37. The quantitative estimate of drug-likeness (QED) is 0.610. The van der Waals surface area contributed by atoms with E-state index in [4.69, 9.17) is 0 Å². The van der Waals surface area contributed by atoms with E-state index in [0.717, 1.165) is 10.6 Å². The summed E-state index contributed by atoms with van der Waals surface area (Å²) >= 11 is 0. The molecule has 2 aliphatic rings. The molecule has 9 nitrogen and oxygen atoms in total. The molecule has 2 saturated heterocycles. The van der Waals surface area contributed by atoms with E-state index < -0.39 is 36.0 Å². The number of benzene rings is 1. The second-order valence-corrected chi connectivity index (χ2v) is 7.37. The summed E-state index contributed by atoms with van der Waals surface area (Å²) < 4.78 is 0. The van der Waals surface area contributed by atoms with Crippen LogP contribution in [-0.2, 0) is 25.6 Å². The van der Waals surface area contributed by atoms with E-state index in [9.17, 15) is 29.4 Å². The Labute approximate surface area is 168 Å². The van der Waals surface area contributed by atoms with Crippen LogP contribution in [0.1, 0.15) is 37.7 Å². The van der Waals surface area contributed by atoms with Gasteiger partial charge < -0.3 is 10.2 Å². The molecule has 2 fully saturated rings. The number of aliphatic carboxylic acids is 2. The summed E-state index contributed by atoms with van der Waals surface area (Å²) in [7, 11) is 0. The lowest BCUT2D eigenvalue weighted by Crippen LogP contribution is -2.62. The van der Waals surface area contributed by atoms with Gasteiger partial charge in [-0.2, -0.15) is 0 Å². The number of nitrogens with one attached hydrogen (secondary N) is 1. The van der Waals surface area contributed by atoms with Crippen LogP contribution in [0.25, 0.3) is 0 Å². The predicted octanol–water partition coefficient (Wildman–Crippen LogP) is 0.644. The molecular formula is C20H25N3O6. The van der Waals surface area contributed by atoms with Crippen LogP contribution in [0.3, 0.4) is 0 Å². The predicted molar refractivity (Wildman–Crippen MR) is 102 cm³/mol. The lowest BCUT2D eigenvalue weighted by molar-refractivity contribution is -0.181. The van der Waals surface area contributed by atoms with Crippen LogP contribution >= 0.6 is 0 Å². The number of carboxylic acids is 2. The highest BCUT2D eigenvalue weighted by Gasteiger charge is 2.44. The fraction of sp³-hybridized carbons (Fsp3) is 0.500. The molecule has 0 radical (unpaired) electrons. The monoisotopic (exact) mass is 403 g/mol. The molecule has 1 unspecified atom stereocenters. The molecule has 2 heterocycles. The van der Waals surface area contributed by atoms with Gasteiger partial charge >= 0.3 is 11.9 Å². The Morgan fingerprint density at radius 1 is 1.14 bits per heavy atom. The zero-order valence-corrected chi connectivity index (χ0v) is 16.0. The average molecular weight is 403 g/mol. The van der Waals surface area contributed by atoms with E-state index in [1.54, 1.807) is 0 Å². The number of hydrogen-bond donors (Lipinski definition) is 3. The maximum absolute atomic E-state index is 13.1. The van der Waals surface area contributed by atoms with Crippen molar-refractivity contribution in [2.75, 3.05) is 6.54 Å². The number of carboxylic acid groups (broad SMARTS) is 2. The van der Waals surface area contributed by atoms with E-state index in [1.165, 1.54) is 5.01 Å². The molecule has 1 aromatic rings. The molecule has 29 heavy (non-hydrogen) atoms. The van der Waals surface area contributed by atoms with Gasteiger partial charge in [-0.3, -0.25) is 24.7 Å². The smallest absolute Gasteiger partial charge is 0.328 e. The summed E-state index contributed by atoms with van der Waals surface area (Å²) in [6.45, 7) is 0.289. The zero-order chi connectivity index (χ0) is 21.0. The van der Waals surface area contributed by atoms with Gasteiger partial charge in [0.05, 0.1) is 6.04 Å². The first-order valence-electron chi connectivity index (χ1n) is 9.77. The van der Waals surface area contributed by atoms with Crippen LogP contribution in [0, 0.1) is 0 Å². The molecule has 0 saturated carbocycles. The van der Waals surface area contributed by atoms with Gasteiger partial charge in [0.1, 0.15) is 6.04 Å². The molecule has 0 aliphatic carbocycles. The van der Waals surface area contributed by atoms with Gasteiger partial charge in [0.15, 0.2) is 6.04 Å². The van der Waals surface area contributed by atoms with Gasteiger partial charge in [-0.1, -0.05) is 30.3 Å². The van der Waals surface area contributed by atoms with E-state index >= 15 is 0 Å². The Morgan fingerprint density at radius 2 is 1.86 bits per heavy atom. The van der Waals surface area contributed by atoms with E-state index in [-0.39, 0.29) is 38.1 Å². The Morgan fingerprint density at radius 3 is 2.52 bits per heavy atom. The molecule has 3 rings (SSSR count). The van der Waals surface area contributed by atoms with Crippen molar-refractivity contribution in [3.8, 4) is 0 Å². The molecule has 3 atom stereocenters. The second kappa shape index (κ2) is 9.04. The summed E-state index contributed by atoms with van der Waals surface area (Å²) in [6, 6.07) is 6.39. The van der Waals surface area contributed by atoms with Crippen LogP contribution in [0.5, 0.6) is 0 Å². The minimum Gasteiger partial charge on any atom is -0.480 e. The molecule has 3 N–H and O–H groups in total. The molecule has 9 heteroatoms. The van der Waals surface area contributed by atoms with E-state index in [1.807, 2.05) is 30.3 Å². The molecule has 0 bridgehead atoms. The number of amides is 2. The van der Waals surface area contributed by atoms with Crippen molar-refractivity contribution < 1.29 is 29.4 Å². The minimum absolute atomic E-state index is 0.0528. The number of fused-ring (bicyclic) bond motifs is 1. The maximum Gasteiger partial charge on any atom is 0.328 e. The first kappa shape index (κ1) is 20.8. The molecule has 0 aromatic heterocycles. The minimum atomic E-state index is -1.17. The third-order valence-electron chi connectivity index (χ3n) is 5.41. The van der Waals surface area contributed by atoms with E-state index in [2.05, 4.69) is 5.32 Å². The van der Waals surface area contributed by atoms with Crippen LogP contribution in [0.2, 0.25) is 0 Å². The van der Waals surface area contributed by atoms with Crippen LogP contribution < -0.4 is 5.32 Å². The highest BCUT2D eigenvalue weighted by atomic mass is 16.4. The van der Waals surface area contributed by atoms with Gasteiger partial charge in [-0.15, -0.1) is 0 Å². The molecule has 0 spiro atoms. The fourth-order valence-electron chi connectivity index (χ4n) is 3.89. The van der Waals surface area contributed by atoms with Crippen LogP contribution in [-0.4, -0.2) is 68.7 Å². The topological polar surface area (TPSA) is 127 Å². The van der Waals surface area contributed by atoms with Crippen molar-refractivity contribution in [3.63, 3.8) is 0 Å². The number of nitrogens with zero attached hydrogens (tertiary/aromatic N) is 2. The summed E-state index contributed by atoms with van der Waals surface area (Å²) in [5.41, 5.74) is 0.982. The van der Waals surface area contributed by atoms with Gasteiger partial charge in [0, 0.05) is 13.0 Å². The molecule has 1 aromatic carbocycles. The largest absolute Gasteiger partial charge is 0.480 e. The standard InChI is InChI=1S/C20H25N3O6/c24-17-11-10-14(18(25)23-16(20(28)29)7-4-12-22(17)23)21-15(19(26)27)9-8-13-5-2-1-3-6-13/h1-3,5-6,14-16,21H,4,7-12H2,(H,26,27)(H,28,29)/t14-,15?,16-/m0/s1. The maximum atomic E-state index is 13.1. The molecular weight excluding hydrogens is 378 g/mol. The van der Waals surface area contributed by atoms with Crippen LogP contribution in [0.4, 0.5) is 0 Å². The van der Waals surface area contributed by atoms with Gasteiger partial charge in [-0.25, -0.2) is 9.80 Å². The van der Waals surface area contributed by atoms with Gasteiger partial charge in [-0.05, 0) is 37.7 Å². The van der Waals surface area contributed by atoms with Crippen molar-refractivity contribution >= 4 is 23.8 Å². The number of carbonyl (C=O) groups excluding carboxylic acids is 2. The first-order chi connectivity index (χ1) is 13.9. The highest BCUT2D eigenvalue weighted by molar-refractivity contribution is 5.92. The Bertz CT molecular complexity index is 784. The lowest BCUT2D eigenvalue weighted by Gasteiger charge is -2.42. The molecule has 2 aliphatic heterocycles. The van der Waals surface area contributed by atoms with Crippen molar-refractivity contribution in [2.45, 2.75) is 56.7 Å². The number of hydrogen-bond acceptors (Lipinski definition) is 5. The number of rotatable bonds is 7. The highest BCUT2D eigenvalue weighted by Crippen LogP contribution is 2.25. The zero-order valence-electron chi connectivity index (χ0n) is 16.0. The summed E-state index contributed by atoms with van der Waals surface area (Å²) in [5.74, 6) is -3.14. The average Bonchev–Trinajstić information content (AvgIpc) is 2.83. The number of carbonyl (C=O) groups is 4. The number of hydrazine groups is 1. The Hall–Kier alpha value is -2.94. The fourth-order valence-corrected chi connectivity index (χ4v) is 3.89. The summed E-state index contributed by atoms with van der Waals surface area (Å²) in [4.78, 5) is 48.9.